The van der Waals surface area contributed by atoms with Crippen LogP contribution in [-0.2, 0) is 12.8 Å². The van der Waals surface area contributed by atoms with Gasteiger partial charge in [0.2, 0.25) is 0 Å². The Labute approximate surface area is 120 Å². The highest BCUT2D eigenvalue weighted by Gasteiger charge is 2.18. The lowest BCUT2D eigenvalue weighted by Crippen LogP contribution is -2.18. The van der Waals surface area contributed by atoms with Crippen LogP contribution in [0.5, 0.6) is 0 Å². The maximum absolute atomic E-state index is 5.22. The number of para-hydroxylation sites is 2. The number of anilines is 2. The lowest BCUT2D eigenvalue weighted by Gasteiger charge is -2.24. The van der Waals surface area contributed by atoms with Crippen molar-refractivity contribution >= 4 is 11.4 Å². The summed E-state index contributed by atoms with van der Waals surface area (Å²) in [5, 5.41) is 0. The Morgan fingerprint density at radius 3 is 2.00 bits per heavy atom. The molecule has 1 aliphatic rings. The molecule has 0 N–H and O–H groups in total. The fraction of sp³-hybridized carbons (Fsp3) is 0.158. The van der Waals surface area contributed by atoms with Crippen LogP contribution in [-0.4, -0.2) is 6.54 Å². The van der Waals surface area contributed by atoms with E-state index in [2.05, 4.69) is 71.2 Å². The van der Waals surface area contributed by atoms with Gasteiger partial charge in [0, 0.05) is 11.4 Å². The topological polar surface area (TPSA) is 3.24 Å². The van der Waals surface area contributed by atoms with Crippen molar-refractivity contribution in [3.05, 3.63) is 59.7 Å². The summed E-state index contributed by atoms with van der Waals surface area (Å²) in [7, 11) is 0. The highest BCUT2D eigenvalue weighted by molar-refractivity contribution is 5.71. The first-order valence-electron chi connectivity index (χ1n) is 6.77. The van der Waals surface area contributed by atoms with Crippen LogP contribution in [0.25, 0.3) is 0 Å². The number of fused-ring (bicyclic) bond motifs is 2. The van der Waals surface area contributed by atoms with E-state index < -0.39 is 0 Å². The summed E-state index contributed by atoms with van der Waals surface area (Å²) in [6, 6.07) is 17.1. The predicted octanol–water partition coefficient (Wildman–Crippen LogP) is 3.56. The zero-order valence-corrected chi connectivity index (χ0v) is 11.3. The molecule has 0 saturated heterocycles. The molecule has 96 valence electrons. The molecule has 0 unspecified atom stereocenters. The Kier molecular flexibility index (Phi) is 3.44. The third kappa shape index (κ3) is 2.27. The van der Waals surface area contributed by atoms with Gasteiger partial charge in [-0.15, -0.1) is 6.42 Å². The molecule has 0 bridgehead atoms. The molecule has 2 aromatic rings. The minimum absolute atomic E-state index is 0.623. The second kappa shape index (κ2) is 5.55. The van der Waals surface area contributed by atoms with Crippen molar-refractivity contribution in [1.29, 1.82) is 0 Å². The van der Waals surface area contributed by atoms with Crippen LogP contribution in [0.3, 0.4) is 0 Å². The Balaban J connectivity index is 2.11. The summed E-state index contributed by atoms with van der Waals surface area (Å²) >= 11 is 0. The number of hydrogen-bond acceptors (Lipinski definition) is 1. The largest absolute Gasteiger partial charge is 0.329 e. The minimum atomic E-state index is 0.623. The van der Waals surface area contributed by atoms with Crippen LogP contribution >= 0.6 is 0 Å². The van der Waals surface area contributed by atoms with Crippen molar-refractivity contribution in [3.63, 3.8) is 0 Å². The number of hydrogen-bond donors (Lipinski definition) is 0. The van der Waals surface area contributed by atoms with E-state index in [4.69, 9.17) is 6.42 Å². The summed E-state index contributed by atoms with van der Waals surface area (Å²) in [6.07, 6.45) is 7.35. The number of benzene rings is 2. The SMILES string of the molecule is C#CC#CCN1c2ccccc2CCc2ccccc21. The predicted molar refractivity (Wildman–Crippen MR) is 83.9 cm³/mol. The molecule has 0 atom stereocenters. The van der Waals surface area contributed by atoms with Gasteiger partial charge in [-0.05, 0) is 47.9 Å². The first-order chi connectivity index (χ1) is 9.90. The van der Waals surface area contributed by atoms with Crippen molar-refractivity contribution in [1.82, 2.24) is 0 Å². The average molecular weight is 257 g/mol. The highest BCUT2D eigenvalue weighted by Crippen LogP contribution is 2.35. The van der Waals surface area contributed by atoms with Gasteiger partial charge in [-0.25, -0.2) is 0 Å². The smallest absolute Gasteiger partial charge is 0.0853 e. The molecule has 1 aliphatic heterocycles. The van der Waals surface area contributed by atoms with E-state index in [1.807, 2.05) is 0 Å². The molecular formula is C19H15N. The summed E-state index contributed by atoms with van der Waals surface area (Å²) in [4.78, 5) is 2.27. The van der Waals surface area contributed by atoms with Crippen LogP contribution in [0.4, 0.5) is 11.4 Å². The number of terminal acetylenes is 1. The molecule has 0 saturated carbocycles. The van der Waals surface area contributed by atoms with Crippen LogP contribution in [0.15, 0.2) is 48.5 Å². The zero-order valence-electron chi connectivity index (χ0n) is 11.3. The molecule has 3 rings (SSSR count). The van der Waals surface area contributed by atoms with Gasteiger partial charge in [0.15, 0.2) is 0 Å². The van der Waals surface area contributed by atoms with Gasteiger partial charge in [-0.2, -0.15) is 0 Å². The van der Waals surface area contributed by atoms with E-state index in [0.717, 1.165) is 12.8 Å². The van der Waals surface area contributed by atoms with Gasteiger partial charge in [-0.1, -0.05) is 42.3 Å². The van der Waals surface area contributed by atoms with Crippen molar-refractivity contribution in [2.75, 3.05) is 11.4 Å². The summed E-state index contributed by atoms with van der Waals surface area (Å²) in [5.41, 5.74) is 5.21. The van der Waals surface area contributed by atoms with E-state index in [-0.39, 0.29) is 0 Å². The molecule has 0 amide bonds. The Morgan fingerprint density at radius 1 is 0.900 bits per heavy atom. The molecule has 0 spiro atoms. The molecule has 1 heterocycles. The second-order valence-electron chi connectivity index (χ2n) is 4.79. The van der Waals surface area contributed by atoms with Crippen LogP contribution in [0.1, 0.15) is 11.1 Å². The van der Waals surface area contributed by atoms with Gasteiger partial charge < -0.3 is 4.90 Å². The standard InChI is InChI=1S/C19H15N/c1-2-3-8-15-20-18-11-6-4-9-16(18)13-14-17-10-5-7-12-19(17)20/h1,4-7,9-12H,13-15H2. The Bertz CT molecular complexity index is 678. The second-order valence-corrected chi connectivity index (χ2v) is 4.79. The first-order valence-corrected chi connectivity index (χ1v) is 6.77. The lowest BCUT2D eigenvalue weighted by molar-refractivity contribution is 0.977. The zero-order chi connectivity index (χ0) is 13.8. The highest BCUT2D eigenvalue weighted by atomic mass is 15.1. The monoisotopic (exact) mass is 257 g/mol. The summed E-state index contributed by atoms with van der Waals surface area (Å²) in [6.45, 7) is 0.623. The fourth-order valence-electron chi connectivity index (χ4n) is 2.71. The Hall–Kier alpha value is -2.64. The molecule has 0 aliphatic carbocycles. The van der Waals surface area contributed by atoms with Crippen LogP contribution in [0, 0.1) is 24.2 Å². The van der Waals surface area contributed by atoms with Gasteiger partial charge in [0.1, 0.15) is 0 Å². The van der Waals surface area contributed by atoms with Crippen molar-refractivity contribution in [2.45, 2.75) is 12.8 Å². The maximum atomic E-state index is 5.22. The number of aryl methyl sites for hydroxylation is 2. The van der Waals surface area contributed by atoms with Gasteiger partial charge in [0.05, 0.1) is 6.54 Å². The van der Waals surface area contributed by atoms with E-state index >= 15 is 0 Å². The van der Waals surface area contributed by atoms with Crippen molar-refractivity contribution in [2.24, 2.45) is 0 Å². The number of rotatable bonds is 1. The van der Waals surface area contributed by atoms with E-state index in [9.17, 15) is 0 Å². The van der Waals surface area contributed by atoms with E-state index in [1.165, 1.54) is 22.5 Å². The first kappa shape index (κ1) is 12.4. The fourth-order valence-corrected chi connectivity index (χ4v) is 2.71. The minimum Gasteiger partial charge on any atom is -0.329 e. The average Bonchev–Trinajstić information content (AvgIpc) is 2.66. The van der Waals surface area contributed by atoms with Crippen LogP contribution in [0.2, 0.25) is 0 Å². The molecule has 1 heteroatoms. The summed E-state index contributed by atoms with van der Waals surface area (Å²) < 4.78 is 0. The normalized spacial score (nSPS) is 12.2. The third-order valence-electron chi connectivity index (χ3n) is 3.63. The van der Waals surface area contributed by atoms with Crippen LogP contribution < -0.4 is 4.90 Å². The molecule has 0 radical (unpaired) electrons. The molecule has 20 heavy (non-hydrogen) atoms. The summed E-state index contributed by atoms with van der Waals surface area (Å²) in [5.74, 6) is 8.15. The van der Waals surface area contributed by atoms with Gasteiger partial charge in [-0.3, -0.25) is 0 Å². The molecule has 2 aromatic carbocycles. The molecule has 1 nitrogen and oxygen atoms in total. The van der Waals surface area contributed by atoms with Crippen molar-refractivity contribution < 1.29 is 0 Å². The maximum Gasteiger partial charge on any atom is 0.0853 e. The van der Waals surface area contributed by atoms with Gasteiger partial charge in [0.25, 0.3) is 0 Å². The van der Waals surface area contributed by atoms with Crippen molar-refractivity contribution in [3.8, 4) is 24.2 Å². The van der Waals surface area contributed by atoms with E-state index in [0.29, 0.717) is 6.54 Å². The van der Waals surface area contributed by atoms with Gasteiger partial charge >= 0.3 is 0 Å². The Morgan fingerprint density at radius 2 is 1.45 bits per heavy atom. The number of nitrogens with zero attached hydrogens (tertiary/aromatic N) is 1. The van der Waals surface area contributed by atoms with E-state index in [1.54, 1.807) is 0 Å². The molecule has 0 fully saturated rings. The lowest BCUT2D eigenvalue weighted by atomic mass is 10.0. The molecule has 0 aromatic heterocycles. The molecular weight excluding hydrogens is 242 g/mol. The quantitative estimate of drug-likeness (QED) is 0.706. The third-order valence-corrected chi connectivity index (χ3v) is 3.63.